The topological polar surface area (TPSA) is 97.9 Å². The first-order chi connectivity index (χ1) is 11.3. The molecule has 128 valence electrons. The Hall–Kier alpha value is -2.28. The number of nitrogens with one attached hydrogen (secondary N) is 1. The molecule has 2 rings (SSSR count). The number of thioether (sulfide) groups is 1. The molecule has 1 aromatic carbocycles. The highest BCUT2D eigenvalue weighted by molar-refractivity contribution is 8.00. The monoisotopic (exact) mass is 347 g/mol. The summed E-state index contributed by atoms with van der Waals surface area (Å²) in [4.78, 5) is 39.5. The first-order valence-electron chi connectivity index (χ1n) is 7.65. The van der Waals surface area contributed by atoms with Gasteiger partial charge in [-0.05, 0) is 25.0 Å². The summed E-state index contributed by atoms with van der Waals surface area (Å²) in [5, 5.41) is 0. The summed E-state index contributed by atoms with van der Waals surface area (Å²) >= 11 is 1.33. The van der Waals surface area contributed by atoms with E-state index in [1.165, 1.54) is 16.3 Å². The van der Waals surface area contributed by atoms with E-state index in [-0.39, 0.29) is 23.1 Å². The number of hydrogen-bond acceptors (Lipinski definition) is 5. The number of nitrogens with zero attached hydrogens (tertiary/aromatic N) is 1. The first-order valence-corrected chi connectivity index (χ1v) is 8.63. The molecule has 0 aliphatic rings. The number of benzene rings is 1. The molecule has 0 aliphatic carbocycles. The van der Waals surface area contributed by atoms with Crippen molar-refractivity contribution in [3.05, 3.63) is 56.2 Å². The van der Waals surface area contributed by atoms with Gasteiger partial charge >= 0.3 is 5.69 Å². The Morgan fingerprint density at radius 2 is 2.04 bits per heavy atom. The highest BCUT2D eigenvalue weighted by atomic mass is 32.2. The van der Waals surface area contributed by atoms with Crippen LogP contribution in [0.4, 0.5) is 5.82 Å². The van der Waals surface area contributed by atoms with Gasteiger partial charge in [-0.3, -0.25) is 19.1 Å². The van der Waals surface area contributed by atoms with Gasteiger partial charge in [0.1, 0.15) is 11.4 Å². The van der Waals surface area contributed by atoms with E-state index in [0.717, 1.165) is 10.5 Å². The van der Waals surface area contributed by atoms with Crippen molar-refractivity contribution in [2.45, 2.75) is 32.2 Å². The van der Waals surface area contributed by atoms with E-state index in [9.17, 15) is 14.4 Å². The third-order valence-corrected chi connectivity index (χ3v) is 4.42. The molecule has 1 heterocycles. The number of carbonyl (C=O) groups excluding carboxylic acids is 1. The predicted octanol–water partition coefficient (Wildman–Crippen LogP) is 2.06. The summed E-state index contributed by atoms with van der Waals surface area (Å²) in [7, 11) is 0. The smallest absolute Gasteiger partial charge is 0.329 e. The van der Waals surface area contributed by atoms with Gasteiger partial charge in [-0.2, -0.15) is 0 Å². The summed E-state index contributed by atoms with van der Waals surface area (Å²) in [5.41, 5.74) is 5.57. The zero-order valence-corrected chi connectivity index (χ0v) is 14.8. The van der Waals surface area contributed by atoms with Gasteiger partial charge in [0.25, 0.3) is 5.56 Å². The number of Topliss-reactive ketones (excluding diaryl/α,β-unsaturated/α-hetero) is 1. The number of rotatable bonds is 6. The molecular weight excluding hydrogens is 326 g/mol. The number of anilines is 1. The van der Waals surface area contributed by atoms with Crippen LogP contribution in [0.15, 0.2) is 38.8 Å². The fourth-order valence-corrected chi connectivity index (χ4v) is 3.22. The molecule has 2 aromatic rings. The third-order valence-electron chi connectivity index (χ3n) is 3.43. The van der Waals surface area contributed by atoms with Crippen molar-refractivity contribution in [1.82, 2.24) is 9.55 Å². The van der Waals surface area contributed by atoms with E-state index < -0.39 is 17.0 Å². The number of carbonyl (C=O) groups is 1. The number of nitrogen functional groups attached to an aromatic ring is 1. The van der Waals surface area contributed by atoms with Gasteiger partial charge in [-0.1, -0.05) is 31.5 Å². The molecule has 0 fully saturated rings. The van der Waals surface area contributed by atoms with Crippen LogP contribution < -0.4 is 17.0 Å². The Labute approximate surface area is 144 Å². The van der Waals surface area contributed by atoms with Gasteiger partial charge in [0, 0.05) is 11.4 Å². The molecule has 24 heavy (non-hydrogen) atoms. The number of aryl methyl sites for hydroxylation is 1. The van der Waals surface area contributed by atoms with E-state index in [0.29, 0.717) is 6.54 Å². The van der Waals surface area contributed by atoms with Crippen LogP contribution in [-0.4, -0.2) is 21.1 Å². The second-order valence-corrected chi connectivity index (χ2v) is 7.10. The van der Waals surface area contributed by atoms with Crippen LogP contribution in [0.25, 0.3) is 0 Å². The third kappa shape index (κ3) is 4.17. The lowest BCUT2D eigenvalue weighted by molar-refractivity contribution is 0.102. The Kier molecular flexibility index (Phi) is 5.66. The zero-order valence-electron chi connectivity index (χ0n) is 14.0. The van der Waals surface area contributed by atoms with E-state index in [2.05, 4.69) is 4.98 Å². The molecule has 0 radical (unpaired) electrons. The quantitative estimate of drug-likeness (QED) is 0.616. The fourth-order valence-electron chi connectivity index (χ4n) is 2.33. The summed E-state index contributed by atoms with van der Waals surface area (Å²) in [6.07, 6.45) is 0. The summed E-state index contributed by atoms with van der Waals surface area (Å²) < 4.78 is 1.25. The van der Waals surface area contributed by atoms with Crippen molar-refractivity contribution in [3.63, 3.8) is 0 Å². The van der Waals surface area contributed by atoms with Crippen LogP contribution in [0.3, 0.4) is 0 Å². The molecule has 0 bridgehead atoms. The average Bonchev–Trinajstić information content (AvgIpc) is 2.49. The van der Waals surface area contributed by atoms with Crippen molar-refractivity contribution in [1.29, 1.82) is 0 Å². The maximum Gasteiger partial charge on any atom is 0.329 e. The molecule has 0 saturated carbocycles. The standard InChI is InChI=1S/C17H21N3O3S/c1-10(2)8-20-15(18)14(16(22)19-17(20)23)13(21)9-24-12-6-4-5-11(3)7-12/h4-7,10H,8-9,18H2,1-3H3,(H,19,22,23). The Morgan fingerprint density at radius 3 is 2.67 bits per heavy atom. The Morgan fingerprint density at radius 1 is 1.33 bits per heavy atom. The zero-order chi connectivity index (χ0) is 17.9. The van der Waals surface area contributed by atoms with Gasteiger partial charge in [0.2, 0.25) is 0 Å². The molecule has 0 amide bonds. The molecule has 0 unspecified atom stereocenters. The van der Waals surface area contributed by atoms with Crippen LogP contribution in [0.1, 0.15) is 29.8 Å². The second kappa shape index (κ2) is 7.53. The van der Waals surface area contributed by atoms with E-state index in [1.54, 1.807) is 0 Å². The number of ketones is 1. The SMILES string of the molecule is Cc1cccc(SCC(=O)c2c(N)n(CC(C)C)c(=O)[nH]c2=O)c1. The summed E-state index contributed by atoms with van der Waals surface area (Å²) in [6.45, 7) is 6.15. The lowest BCUT2D eigenvalue weighted by Crippen LogP contribution is -2.37. The van der Waals surface area contributed by atoms with Crippen molar-refractivity contribution < 1.29 is 4.79 Å². The van der Waals surface area contributed by atoms with Crippen LogP contribution in [-0.2, 0) is 6.54 Å². The molecule has 3 N–H and O–H groups in total. The van der Waals surface area contributed by atoms with E-state index in [4.69, 9.17) is 5.73 Å². The van der Waals surface area contributed by atoms with Crippen LogP contribution in [0.5, 0.6) is 0 Å². The summed E-state index contributed by atoms with van der Waals surface area (Å²) in [5.74, 6) is -0.220. The molecule has 0 saturated heterocycles. The lowest BCUT2D eigenvalue weighted by atomic mass is 10.2. The fraction of sp³-hybridized carbons (Fsp3) is 0.353. The minimum Gasteiger partial charge on any atom is -0.384 e. The number of H-pyrrole nitrogens is 1. The first kappa shape index (κ1) is 18.1. The van der Waals surface area contributed by atoms with Gasteiger partial charge in [0.15, 0.2) is 5.78 Å². The highest BCUT2D eigenvalue weighted by Gasteiger charge is 2.19. The van der Waals surface area contributed by atoms with Gasteiger partial charge in [-0.15, -0.1) is 11.8 Å². The van der Waals surface area contributed by atoms with Crippen molar-refractivity contribution in [3.8, 4) is 0 Å². The number of hydrogen-bond donors (Lipinski definition) is 2. The van der Waals surface area contributed by atoms with Crippen molar-refractivity contribution in [2.75, 3.05) is 11.5 Å². The minimum absolute atomic E-state index is 0.0627. The normalized spacial score (nSPS) is 11.0. The van der Waals surface area contributed by atoms with Crippen LogP contribution in [0, 0.1) is 12.8 Å². The molecule has 0 spiro atoms. The maximum absolute atomic E-state index is 12.5. The summed E-state index contributed by atoms with van der Waals surface area (Å²) in [6, 6.07) is 7.74. The Balaban J connectivity index is 2.29. The largest absolute Gasteiger partial charge is 0.384 e. The number of aromatic amines is 1. The van der Waals surface area contributed by atoms with E-state index >= 15 is 0 Å². The molecule has 0 aliphatic heterocycles. The van der Waals surface area contributed by atoms with Crippen molar-refractivity contribution >= 4 is 23.4 Å². The van der Waals surface area contributed by atoms with Gasteiger partial charge in [-0.25, -0.2) is 4.79 Å². The van der Waals surface area contributed by atoms with Gasteiger partial charge < -0.3 is 5.73 Å². The van der Waals surface area contributed by atoms with Crippen molar-refractivity contribution in [2.24, 2.45) is 5.92 Å². The molecule has 0 atom stereocenters. The predicted molar refractivity (Wildman–Crippen MR) is 96.8 cm³/mol. The van der Waals surface area contributed by atoms with Gasteiger partial charge in [0.05, 0.1) is 5.75 Å². The second-order valence-electron chi connectivity index (χ2n) is 6.05. The molecule has 1 aromatic heterocycles. The molecular formula is C17H21N3O3S. The van der Waals surface area contributed by atoms with E-state index in [1.807, 2.05) is 45.0 Å². The van der Waals surface area contributed by atoms with Crippen LogP contribution in [0.2, 0.25) is 0 Å². The maximum atomic E-state index is 12.5. The minimum atomic E-state index is -0.729. The highest BCUT2D eigenvalue weighted by Crippen LogP contribution is 2.20. The van der Waals surface area contributed by atoms with Crippen LogP contribution >= 0.6 is 11.8 Å². The number of aromatic nitrogens is 2. The lowest BCUT2D eigenvalue weighted by Gasteiger charge is -2.13. The number of nitrogens with two attached hydrogens (primary N) is 1. The Bertz CT molecular complexity index is 868. The average molecular weight is 347 g/mol. The molecule has 6 nitrogen and oxygen atoms in total. The molecule has 7 heteroatoms.